The van der Waals surface area contributed by atoms with Gasteiger partial charge < -0.3 is 9.80 Å². The lowest BCUT2D eigenvalue weighted by Gasteiger charge is -2.36. The molecule has 2 amide bonds. The van der Waals surface area contributed by atoms with Crippen LogP contribution in [0.2, 0.25) is 0 Å². The lowest BCUT2D eigenvalue weighted by molar-refractivity contribution is -0.148. The molecule has 2 rings (SSSR count). The minimum Gasteiger partial charge on any atom is -0.347 e. The summed E-state index contributed by atoms with van der Waals surface area (Å²) in [7, 11) is 3.43. The third-order valence-corrected chi connectivity index (χ3v) is 4.35. The number of amides is 2. The predicted octanol–water partition coefficient (Wildman–Crippen LogP) is 2.23. The van der Waals surface area contributed by atoms with Crippen LogP contribution in [0.1, 0.15) is 31.7 Å². The second kappa shape index (κ2) is 6.46. The fraction of sp³-hybridized carbons (Fsp3) is 0.529. The lowest BCUT2D eigenvalue weighted by Crippen LogP contribution is -2.55. The first-order valence-corrected chi connectivity index (χ1v) is 7.61. The Hall–Kier alpha value is -1.91. The van der Waals surface area contributed by atoms with Crippen LogP contribution in [0.25, 0.3) is 0 Å². The van der Waals surface area contributed by atoms with E-state index >= 15 is 0 Å². The number of nitrogens with zero attached hydrogens (tertiary/aromatic N) is 2. The molecule has 1 heterocycles. The van der Waals surface area contributed by atoms with Crippen molar-refractivity contribution in [3.05, 3.63) is 35.6 Å². The van der Waals surface area contributed by atoms with Gasteiger partial charge in [-0.2, -0.15) is 0 Å². The zero-order valence-corrected chi connectivity index (χ0v) is 13.4. The van der Waals surface area contributed by atoms with E-state index in [9.17, 15) is 14.0 Å². The number of likely N-dealkylation sites (tertiary alicyclic amines) is 1. The van der Waals surface area contributed by atoms with Crippen LogP contribution in [-0.2, 0) is 16.0 Å². The third kappa shape index (κ3) is 3.29. The summed E-state index contributed by atoms with van der Waals surface area (Å²) in [4.78, 5) is 28.1. The number of hydrogen-bond acceptors (Lipinski definition) is 2. The minimum absolute atomic E-state index is 0.0143. The van der Waals surface area contributed by atoms with Gasteiger partial charge in [-0.25, -0.2) is 4.39 Å². The molecule has 1 fully saturated rings. The molecule has 1 aromatic carbocycles. The average molecular weight is 306 g/mol. The van der Waals surface area contributed by atoms with Crippen LogP contribution < -0.4 is 0 Å². The molecule has 4 nitrogen and oxygen atoms in total. The molecular formula is C17H23FN2O2. The predicted molar refractivity (Wildman–Crippen MR) is 82.8 cm³/mol. The quantitative estimate of drug-likeness (QED) is 0.856. The maximum absolute atomic E-state index is 12.9. The van der Waals surface area contributed by atoms with Gasteiger partial charge in [0, 0.05) is 27.1 Å². The molecule has 0 radical (unpaired) electrons. The van der Waals surface area contributed by atoms with E-state index in [0.29, 0.717) is 25.8 Å². The zero-order valence-electron chi connectivity index (χ0n) is 13.4. The molecular weight excluding hydrogens is 283 g/mol. The second-order valence-electron chi connectivity index (χ2n) is 6.25. The minimum atomic E-state index is -0.733. The first kappa shape index (κ1) is 16.5. The van der Waals surface area contributed by atoms with Crippen molar-refractivity contribution >= 4 is 11.8 Å². The second-order valence-corrected chi connectivity index (χ2v) is 6.25. The molecule has 0 bridgehead atoms. The highest BCUT2D eigenvalue weighted by molar-refractivity contribution is 5.91. The fourth-order valence-corrected chi connectivity index (χ4v) is 3.10. The summed E-state index contributed by atoms with van der Waals surface area (Å²) in [6.45, 7) is 2.47. The molecule has 120 valence electrons. The number of carbonyl (C=O) groups excluding carboxylic acids is 2. The summed E-state index contributed by atoms with van der Waals surface area (Å²) in [5, 5.41) is 0. The summed E-state index contributed by atoms with van der Waals surface area (Å²) < 4.78 is 12.9. The Balaban J connectivity index is 2.02. The number of likely N-dealkylation sites (N-methyl/N-ethyl adjacent to an activating group) is 1. The van der Waals surface area contributed by atoms with Gasteiger partial charge in [0.1, 0.15) is 11.4 Å². The number of hydrogen-bond donors (Lipinski definition) is 0. The highest BCUT2D eigenvalue weighted by Gasteiger charge is 2.45. The molecule has 1 aliphatic rings. The molecule has 0 aliphatic carbocycles. The van der Waals surface area contributed by atoms with Crippen LogP contribution >= 0.6 is 0 Å². The molecule has 0 aromatic heterocycles. The van der Waals surface area contributed by atoms with Crippen LogP contribution in [0.15, 0.2) is 24.3 Å². The molecule has 1 aliphatic heterocycles. The molecule has 22 heavy (non-hydrogen) atoms. The molecule has 1 unspecified atom stereocenters. The monoisotopic (exact) mass is 306 g/mol. The Morgan fingerprint density at radius 1 is 1.27 bits per heavy atom. The van der Waals surface area contributed by atoms with Crippen molar-refractivity contribution in [1.82, 2.24) is 9.80 Å². The number of carbonyl (C=O) groups is 2. The Labute approximate surface area is 130 Å². The van der Waals surface area contributed by atoms with Gasteiger partial charge in [0.25, 0.3) is 0 Å². The maximum atomic E-state index is 12.9. The van der Waals surface area contributed by atoms with E-state index in [0.717, 1.165) is 12.0 Å². The normalized spacial score (nSPS) is 21.0. The van der Waals surface area contributed by atoms with E-state index < -0.39 is 5.54 Å². The SMILES string of the molecule is CN(C)C(=O)C1(C)CCCN1C(=O)CCc1ccc(F)cc1. The molecule has 0 N–H and O–H groups in total. The van der Waals surface area contributed by atoms with Crippen molar-refractivity contribution in [2.24, 2.45) is 0 Å². The van der Waals surface area contributed by atoms with Gasteiger partial charge in [-0.3, -0.25) is 9.59 Å². The lowest BCUT2D eigenvalue weighted by atomic mass is 9.96. The zero-order chi connectivity index (χ0) is 16.3. The van der Waals surface area contributed by atoms with Crippen molar-refractivity contribution in [3.63, 3.8) is 0 Å². The largest absolute Gasteiger partial charge is 0.347 e. The summed E-state index contributed by atoms with van der Waals surface area (Å²) in [6.07, 6.45) is 2.44. The molecule has 1 saturated heterocycles. The Bertz CT molecular complexity index is 556. The topological polar surface area (TPSA) is 40.6 Å². The van der Waals surface area contributed by atoms with Gasteiger partial charge in [0.15, 0.2) is 0 Å². The van der Waals surface area contributed by atoms with Crippen LogP contribution in [0, 0.1) is 5.82 Å². The third-order valence-electron chi connectivity index (χ3n) is 4.35. The Morgan fingerprint density at radius 2 is 1.91 bits per heavy atom. The standard InChI is InChI=1S/C17H23FN2O2/c1-17(16(22)19(2)3)11-4-12-20(17)15(21)10-7-13-5-8-14(18)9-6-13/h5-6,8-9H,4,7,10-12H2,1-3H3. The highest BCUT2D eigenvalue weighted by atomic mass is 19.1. The van der Waals surface area contributed by atoms with E-state index in [2.05, 4.69) is 0 Å². The van der Waals surface area contributed by atoms with E-state index in [-0.39, 0.29) is 17.6 Å². The molecule has 0 spiro atoms. The van der Waals surface area contributed by atoms with Crippen LogP contribution in [-0.4, -0.2) is 47.8 Å². The van der Waals surface area contributed by atoms with Gasteiger partial charge in [0.2, 0.25) is 11.8 Å². The van der Waals surface area contributed by atoms with E-state index in [1.165, 1.54) is 12.1 Å². The molecule has 0 saturated carbocycles. The van der Waals surface area contributed by atoms with Gasteiger partial charge in [-0.05, 0) is 43.9 Å². The summed E-state index contributed by atoms with van der Waals surface area (Å²) in [6, 6.07) is 6.18. The van der Waals surface area contributed by atoms with Crippen molar-refractivity contribution < 1.29 is 14.0 Å². The first-order valence-electron chi connectivity index (χ1n) is 7.61. The van der Waals surface area contributed by atoms with Gasteiger partial charge in [-0.1, -0.05) is 12.1 Å². The fourth-order valence-electron chi connectivity index (χ4n) is 3.10. The molecule has 1 aromatic rings. The van der Waals surface area contributed by atoms with Crippen molar-refractivity contribution in [2.45, 2.75) is 38.1 Å². The highest BCUT2D eigenvalue weighted by Crippen LogP contribution is 2.31. The Morgan fingerprint density at radius 3 is 2.50 bits per heavy atom. The number of halogens is 1. The average Bonchev–Trinajstić information content (AvgIpc) is 2.88. The number of benzene rings is 1. The van der Waals surface area contributed by atoms with Crippen molar-refractivity contribution in [1.29, 1.82) is 0 Å². The van der Waals surface area contributed by atoms with Crippen LogP contribution in [0.3, 0.4) is 0 Å². The van der Waals surface area contributed by atoms with Gasteiger partial charge >= 0.3 is 0 Å². The smallest absolute Gasteiger partial charge is 0.247 e. The summed E-state index contributed by atoms with van der Waals surface area (Å²) in [5.74, 6) is -0.321. The molecule has 5 heteroatoms. The van der Waals surface area contributed by atoms with Crippen LogP contribution in [0.5, 0.6) is 0 Å². The summed E-state index contributed by atoms with van der Waals surface area (Å²) in [5.41, 5.74) is 0.193. The number of rotatable bonds is 4. The first-order chi connectivity index (χ1) is 10.3. The van der Waals surface area contributed by atoms with Gasteiger partial charge in [0.05, 0.1) is 0 Å². The van der Waals surface area contributed by atoms with E-state index in [1.54, 1.807) is 36.0 Å². The number of aryl methyl sites for hydroxylation is 1. The molecule has 1 atom stereocenters. The van der Waals surface area contributed by atoms with E-state index in [1.807, 2.05) is 6.92 Å². The summed E-state index contributed by atoms with van der Waals surface area (Å²) >= 11 is 0. The maximum Gasteiger partial charge on any atom is 0.247 e. The van der Waals surface area contributed by atoms with E-state index in [4.69, 9.17) is 0 Å². The Kier molecular flexibility index (Phi) is 4.84. The van der Waals surface area contributed by atoms with Crippen LogP contribution in [0.4, 0.5) is 4.39 Å². The van der Waals surface area contributed by atoms with Crippen molar-refractivity contribution in [3.8, 4) is 0 Å². The van der Waals surface area contributed by atoms with Gasteiger partial charge in [-0.15, -0.1) is 0 Å². The van der Waals surface area contributed by atoms with Crippen molar-refractivity contribution in [2.75, 3.05) is 20.6 Å².